The van der Waals surface area contributed by atoms with Gasteiger partial charge in [-0.25, -0.2) is 0 Å². The Morgan fingerprint density at radius 2 is 2.13 bits per heavy atom. The average molecular weight is 209 g/mol. The average Bonchev–Trinajstić information content (AvgIpc) is 2.18. The van der Waals surface area contributed by atoms with Crippen molar-refractivity contribution in [2.24, 2.45) is 0 Å². The zero-order valence-corrected chi connectivity index (χ0v) is 10.2. The van der Waals surface area contributed by atoms with Gasteiger partial charge in [-0.3, -0.25) is 9.80 Å². The Kier molecular flexibility index (Phi) is 4.59. The fraction of sp³-hybridized carbons (Fsp3) is 0.833. The minimum Gasteiger partial charge on any atom is -0.305 e. The van der Waals surface area contributed by atoms with E-state index in [0.29, 0.717) is 12.1 Å². The number of terminal acetylenes is 1. The molecule has 0 saturated carbocycles. The van der Waals surface area contributed by atoms with Crippen LogP contribution in [-0.4, -0.2) is 61.7 Å². The van der Waals surface area contributed by atoms with Crippen molar-refractivity contribution in [3.8, 4) is 12.3 Å². The molecule has 0 bridgehead atoms. The predicted molar refractivity (Wildman–Crippen MR) is 64.9 cm³/mol. The van der Waals surface area contributed by atoms with Crippen LogP contribution in [0.3, 0.4) is 0 Å². The summed E-state index contributed by atoms with van der Waals surface area (Å²) in [6.45, 7) is 10.8. The third kappa shape index (κ3) is 3.83. The smallest absolute Gasteiger partial charge is 0.0574 e. The lowest BCUT2D eigenvalue weighted by Gasteiger charge is -2.45. The van der Waals surface area contributed by atoms with Crippen LogP contribution in [0, 0.1) is 12.3 Å². The van der Waals surface area contributed by atoms with Crippen molar-refractivity contribution in [1.29, 1.82) is 0 Å². The minimum absolute atomic E-state index is 0.296. The summed E-state index contributed by atoms with van der Waals surface area (Å²) < 4.78 is 0. The SMILES string of the molecule is C#CCNCCN1CCN(C)C(C)(C)C1. The lowest BCUT2D eigenvalue weighted by atomic mass is 10.00. The van der Waals surface area contributed by atoms with E-state index in [-0.39, 0.29) is 0 Å². The summed E-state index contributed by atoms with van der Waals surface area (Å²) in [6, 6.07) is 0. The second kappa shape index (κ2) is 5.50. The highest BCUT2D eigenvalue weighted by Crippen LogP contribution is 2.17. The van der Waals surface area contributed by atoms with E-state index in [1.165, 1.54) is 0 Å². The predicted octanol–water partition coefficient (Wildman–Crippen LogP) is 0.235. The number of hydrogen-bond acceptors (Lipinski definition) is 3. The van der Waals surface area contributed by atoms with Gasteiger partial charge in [-0.2, -0.15) is 0 Å². The molecule has 0 spiro atoms. The van der Waals surface area contributed by atoms with Crippen LogP contribution in [-0.2, 0) is 0 Å². The van der Waals surface area contributed by atoms with E-state index in [0.717, 1.165) is 32.7 Å². The Labute approximate surface area is 93.8 Å². The molecule has 0 unspecified atom stereocenters. The first kappa shape index (κ1) is 12.5. The van der Waals surface area contributed by atoms with Gasteiger partial charge in [-0.1, -0.05) is 5.92 Å². The summed E-state index contributed by atoms with van der Waals surface area (Å²) in [6.07, 6.45) is 5.18. The molecule has 1 aliphatic rings. The normalized spacial score (nSPS) is 22.5. The first-order chi connectivity index (χ1) is 7.06. The van der Waals surface area contributed by atoms with Gasteiger partial charge >= 0.3 is 0 Å². The molecule has 0 amide bonds. The fourth-order valence-electron chi connectivity index (χ4n) is 1.93. The molecule has 0 aromatic heterocycles. The van der Waals surface area contributed by atoms with Gasteiger partial charge in [-0.15, -0.1) is 6.42 Å². The van der Waals surface area contributed by atoms with Gasteiger partial charge < -0.3 is 5.32 Å². The van der Waals surface area contributed by atoms with Gasteiger partial charge in [0.2, 0.25) is 0 Å². The Morgan fingerprint density at radius 3 is 2.73 bits per heavy atom. The van der Waals surface area contributed by atoms with Gasteiger partial charge in [0.1, 0.15) is 0 Å². The monoisotopic (exact) mass is 209 g/mol. The molecule has 1 rings (SSSR count). The maximum Gasteiger partial charge on any atom is 0.0574 e. The van der Waals surface area contributed by atoms with Crippen molar-refractivity contribution in [3.05, 3.63) is 0 Å². The molecule has 0 atom stereocenters. The number of nitrogens with zero attached hydrogens (tertiary/aromatic N) is 2. The molecule has 1 fully saturated rings. The lowest BCUT2D eigenvalue weighted by Crippen LogP contribution is -2.58. The number of hydrogen-bond donors (Lipinski definition) is 1. The molecule has 0 aromatic rings. The molecule has 0 radical (unpaired) electrons. The van der Waals surface area contributed by atoms with Crippen molar-refractivity contribution in [1.82, 2.24) is 15.1 Å². The third-order valence-corrected chi connectivity index (χ3v) is 3.23. The highest BCUT2D eigenvalue weighted by molar-refractivity contribution is 4.89. The van der Waals surface area contributed by atoms with E-state index >= 15 is 0 Å². The molecule has 3 heteroatoms. The maximum atomic E-state index is 5.18. The zero-order chi connectivity index (χ0) is 11.3. The van der Waals surface area contributed by atoms with Crippen LogP contribution in [0.25, 0.3) is 0 Å². The number of rotatable bonds is 4. The van der Waals surface area contributed by atoms with E-state index in [9.17, 15) is 0 Å². The van der Waals surface area contributed by atoms with Gasteiger partial charge in [0.05, 0.1) is 6.54 Å². The summed E-state index contributed by atoms with van der Waals surface area (Å²) in [5.41, 5.74) is 0.296. The molecule has 1 N–H and O–H groups in total. The van der Waals surface area contributed by atoms with Crippen LogP contribution < -0.4 is 5.32 Å². The summed E-state index contributed by atoms with van der Waals surface area (Å²) >= 11 is 0. The number of piperazine rings is 1. The van der Waals surface area contributed by atoms with Gasteiger partial charge in [0.25, 0.3) is 0 Å². The molecule has 1 saturated heterocycles. The van der Waals surface area contributed by atoms with Crippen molar-refractivity contribution in [2.45, 2.75) is 19.4 Å². The lowest BCUT2D eigenvalue weighted by molar-refractivity contribution is 0.0409. The molecular weight excluding hydrogens is 186 g/mol. The van der Waals surface area contributed by atoms with Gasteiger partial charge in [0.15, 0.2) is 0 Å². The topological polar surface area (TPSA) is 18.5 Å². The Balaban J connectivity index is 2.24. The van der Waals surface area contributed by atoms with Crippen molar-refractivity contribution in [2.75, 3.05) is 46.3 Å². The fourth-order valence-corrected chi connectivity index (χ4v) is 1.93. The zero-order valence-electron chi connectivity index (χ0n) is 10.2. The van der Waals surface area contributed by atoms with Crippen LogP contribution in [0.1, 0.15) is 13.8 Å². The first-order valence-electron chi connectivity index (χ1n) is 5.64. The van der Waals surface area contributed by atoms with Crippen LogP contribution in [0.4, 0.5) is 0 Å². The maximum absolute atomic E-state index is 5.18. The van der Waals surface area contributed by atoms with Crippen LogP contribution in [0.5, 0.6) is 0 Å². The van der Waals surface area contributed by atoms with Crippen LogP contribution in [0.15, 0.2) is 0 Å². The standard InChI is InChI=1S/C12H23N3/c1-5-6-13-7-8-15-10-9-14(4)12(2,3)11-15/h1,13H,6-11H2,2-4H3. The summed E-state index contributed by atoms with van der Waals surface area (Å²) in [5, 5.41) is 3.23. The highest BCUT2D eigenvalue weighted by Gasteiger charge is 2.30. The largest absolute Gasteiger partial charge is 0.305 e. The second-order valence-corrected chi connectivity index (χ2v) is 4.89. The van der Waals surface area contributed by atoms with E-state index in [1.54, 1.807) is 0 Å². The summed E-state index contributed by atoms with van der Waals surface area (Å²) in [5.74, 6) is 2.59. The first-order valence-corrected chi connectivity index (χ1v) is 5.64. The number of likely N-dealkylation sites (N-methyl/N-ethyl adjacent to an activating group) is 1. The quantitative estimate of drug-likeness (QED) is 0.528. The Hall–Kier alpha value is -0.560. The van der Waals surface area contributed by atoms with E-state index in [1.807, 2.05) is 0 Å². The Morgan fingerprint density at radius 1 is 1.40 bits per heavy atom. The summed E-state index contributed by atoms with van der Waals surface area (Å²) in [4.78, 5) is 4.93. The van der Waals surface area contributed by atoms with E-state index < -0.39 is 0 Å². The molecule has 3 nitrogen and oxygen atoms in total. The molecule has 0 aliphatic carbocycles. The minimum atomic E-state index is 0.296. The Bertz CT molecular complexity index is 230. The highest BCUT2D eigenvalue weighted by atomic mass is 15.3. The molecule has 0 aromatic carbocycles. The second-order valence-electron chi connectivity index (χ2n) is 4.89. The van der Waals surface area contributed by atoms with Gasteiger partial charge in [-0.05, 0) is 20.9 Å². The van der Waals surface area contributed by atoms with Gasteiger partial charge in [0, 0.05) is 38.3 Å². The third-order valence-electron chi connectivity index (χ3n) is 3.23. The molecule has 1 aliphatic heterocycles. The van der Waals surface area contributed by atoms with Crippen LogP contribution in [0.2, 0.25) is 0 Å². The molecule has 1 heterocycles. The number of nitrogens with one attached hydrogen (secondary N) is 1. The molecular formula is C12H23N3. The van der Waals surface area contributed by atoms with Crippen molar-refractivity contribution < 1.29 is 0 Å². The summed E-state index contributed by atoms with van der Waals surface area (Å²) in [7, 11) is 2.20. The van der Waals surface area contributed by atoms with E-state index in [4.69, 9.17) is 6.42 Å². The molecule has 86 valence electrons. The van der Waals surface area contributed by atoms with E-state index in [2.05, 4.69) is 41.9 Å². The van der Waals surface area contributed by atoms with Crippen molar-refractivity contribution >= 4 is 0 Å². The van der Waals surface area contributed by atoms with Crippen LogP contribution >= 0.6 is 0 Å². The molecule has 15 heavy (non-hydrogen) atoms. The van der Waals surface area contributed by atoms with Crippen molar-refractivity contribution in [3.63, 3.8) is 0 Å².